The van der Waals surface area contributed by atoms with E-state index in [1.165, 1.54) is 6.20 Å². The summed E-state index contributed by atoms with van der Waals surface area (Å²) in [5.41, 5.74) is 0.250. The number of halogens is 3. The lowest BCUT2D eigenvalue weighted by atomic mass is 10.0. The van der Waals surface area contributed by atoms with Crippen LogP contribution in [0.15, 0.2) is 36.5 Å². The molecule has 19 heavy (non-hydrogen) atoms. The summed E-state index contributed by atoms with van der Waals surface area (Å²) in [4.78, 5) is 15.9. The van der Waals surface area contributed by atoms with Gasteiger partial charge in [0.05, 0.1) is 0 Å². The van der Waals surface area contributed by atoms with Crippen LogP contribution in [0.3, 0.4) is 0 Å². The van der Waals surface area contributed by atoms with E-state index in [4.69, 9.17) is 0 Å². The zero-order chi connectivity index (χ0) is 13.9. The number of rotatable bonds is 4. The molecule has 0 aliphatic heterocycles. The van der Waals surface area contributed by atoms with Crippen molar-refractivity contribution in [3.63, 3.8) is 0 Å². The first kappa shape index (κ1) is 13.5. The number of ketones is 1. The highest BCUT2D eigenvalue weighted by Gasteiger charge is 2.26. The van der Waals surface area contributed by atoms with Crippen LogP contribution in [-0.2, 0) is 0 Å². The number of nitrogens with zero attached hydrogens (tertiary/aromatic N) is 1. The Hall–Kier alpha value is -1.91. The number of hydrogen-bond donors (Lipinski definition) is 0. The Labute approximate surface area is 108 Å². The third-order valence-corrected chi connectivity index (χ3v) is 2.80. The van der Waals surface area contributed by atoms with Gasteiger partial charge in [-0.3, -0.25) is 9.78 Å². The predicted molar refractivity (Wildman–Crippen MR) is 66.0 cm³/mol. The van der Waals surface area contributed by atoms with Gasteiger partial charge in [0.2, 0.25) is 0 Å². The lowest BCUT2D eigenvalue weighted by molar-refractivity contribution is -0.135. The fraction of sp³-hybridized carbons (Fsp3) is 0.286. The maximum Gasteiger partial charge on any atom is 0.389 e. The molecule has 0 radical (unpaired) electrons. The molecular formula is C14H12F3NO. The molecular weight excluding hydrogens is 255 g/mol. The molecule has 0 bridgehead atoms. The second-order valence-corrected chi connectivity index (χ2v) is 4.27. The third kappa shape index (κ3) is 3.53. The molecule has 0 saturated carbocycles. The smallest absolute Gasteiger partial charge is 0.292 e. The third-order valence-electron chi connectivity index (χ3n) is 2.80. The first-order valence-corrected chi connectivity index (χ1v) is 5.91. The summed E-state index contributed by atoms with van der Waals surface area (Å²) < 4.78 is 36.1. The molecule has 0 atom stereocenters. The minimum atomic E-state index is -4.22. The molecule has 2 aromatic rings. The molecule has 0 aliphatic carbocycles. The van der Waals surface area contributed by atoms with Gasteiger partial charge in [0, 0.05) is 24.4 Å². The summed E-state index contributed by atoms with van der Waals surface area (Å²) >= 11 is 0. The molecule has 5 heteroatoms. The second kappa shape index (κ2) is 5.38. The van der Waals surface area contributed by atoms with Crippen LogP contribution in [0.1, 0.15) is 29.8 Å². The van der Waals surface area contributed by atoms with E-state index in [0.717, 1.165) is 5.39 Å². The molecule has 2 nitrogen and oxygen atoms in total. The van der Waals surface area contributed by atoms with Crippen LogP contribution in [0.4, 0.5) is 13.2 Å². The molecule has 0 fully saturated rings. The van der Waals surface area contributed by atoms with Crippen molar-refractivity contribution in [1.82, 2.24) is 4.98 Å². The number of carbonyl (C=O) groups is 1. The van der Waals surface area contributed by atoms with E-state index in [0.29, 0.717) is 5.39 Å². The topological polar surface area (TPSA) is 30.0 Å². The Morgan fingerprint density at radius 1 is 1.16 bits per heavy atom. The fourth-order valence-electron chi connectivity index (χ4n) is 1.91. The standard InChI is InChI=1S/C14H12F3NO/c15-14(16,17)8-3-6-12(19)13-11-5-2-1-4-10(11)7-9-18-13/h1-2,4-5,7,9H,3,6,8H2. The molecule has 1 aromatic carbocycles. The molecule has 1 heterocycles. The summed E-state index contributed by atoms with van der Waals surface area (Å²) in [5.74, 6) is -0.346. The van der Waals surface area contributed by atoms with Crippen LogP contribution >= 0.6 is 0 Å². The largest absolute Gasteiger partial charge is 0.389 e. The molecule has 100 valence electrons. The van der Waals surface area contributed by atoms with Gasteiger partial charge in [-0.15, -0.1) is 0 Å². The monoisotopic (exact) mass is 267 g/mol. The zero-order valence-electron chi connectivity index (χ0n) is 10.1. The highest BCUT2D eigenvalue weighted by molar-refractivity contribution is 6.06. The van der Waals surface area contributed by atoms with Crippen LogP contribution in [0.25, 0.3) is 10.8 Å². The average Bonchev–Trinajstić information content (AvgIpc) is 2.36. The number of fused-ring (bicyclic) bond motifs is 1. The van der Waals surface area contributed by atoms with E-state index in [1.54, 1.807) is 18.2 Å². The van der Waals surface area contributed by atoms with Crippen LogP contribution in [0.2, 0.25) is 0 Å². The molecule has 0 saturated heterocycles. The second-order valence-electron chi connectivity index (χ2n) is 4.27. The van der Waals surface area contributed by atoms with Gasteiger partial charge in [-0.2, -0.15) is 13.2 Å². The van der Waals surface area contributed by atoms with Crippen molar-refractivity contribution in [3.8, 4) is 0 Å². The van der Waals surface area contributed by atoms with Crippen molar-refractivity contribution in [2.24, 2.45) is 0 Å². The normalized spacial score (nSPS) is 11.7. The van der Waals surface area contributed by atoms with Crippen molar-refractivity contribution in [2.45, 2.75) is 25.4 Å². The van der Waals surface area contributed by atoms with E-state index < -0.39 is 12.6 Å². The summed E-state index contributed by atoms with van der Waals surface area (Å²) in [7, 11) is 0. The van der Waals surface area contributed by atoms with Gasteiger partial charge in [-0.1, -0.05) is 24.3 Å². The van der Waals surface area contributed by atoms with Gasteiger partial charge in [0.25, 0.3) is 0 Å². The van der Waals surface area contributed by atoms with E-state index in [1.807, 2.05) is 12.1 Å². The van der Waals surface area contributed by atoms with E-state index >= 15 is 0 Å². The highest BCUT2D eigenvalue weighted by atomic mass is 19.4. The van der Waals surface area contributed by atoms with Crippen molar-refractivity contribution in [3.05, 3.63) is 42.2 Å². The molecule has 0 unspecified atom stereocenters. The van der Waals surface area contributed by atoms with Gasteiger partial charge >= 0.3 is 6.18 Å². The van der Waals surface area contributed by atoms with Gasteiger partial charge < -0.3 is 0 Å². The molecule has 0 spiro atoms. The van der Waals surface area contributed by atoms with Crippen molar-refractivity contribution in [1.29, 1.82) is 0 Å². The minimum absolute atomic E-state index is 0.138. The molecule has 0 aliphatic rings. The minimum Gasteiger partial charge on any atom is -0.292 e. The molecule has 0 amide bonds. The summed E-state index contributed by atoms with van der Waals surface area (Å²) in [6.45, 7) is 0. The quantitative estimate of drug-likeness (QED) is 0.779. The number of alkyl halides is 3. The summed E-state index contributed by atoms with van der Waals surface area (Å²) in [6, 6.07) is 8.96. The van der Waals surface area contributed by atoms with Crippen molar-refractivity contribution in [2.75, 3.05) is 0 Å². The maximum atomic E-state index is 12.0. The number of hydrogen-bond acceptors (Lipinski definition) is 2. The summed E-state index contributed by atoms with van der Waals surface area (Å²) in [6.07, 6.45) is -4.00. The zero-order valence-corrected chi connectivity index (χ0v) is 10.1. The van der Waals surface area contributed by atoms with Gasteiger partial charge in [0.1, 0.15) is 5.69 Å². The maximum absolute atomic E-state index is 12.0. The van der Waals surface area contributed by atoms with E-state index in [-0.39, 0.29) is 24.3 Å². The first-order chi connectivity index (χ1) is 8.97. The number of carbonyl (C=O) groups excluding carboxylic acids is 1. The van der Waals surface area contributed by atoms with Crippen molar-refractivity contribution < 1.29 is 18.0 Å². The van der Waals surface area contributed by atoms with E-state index in [2.05, 4.69) is 4.98 Å². The average molecular weight is 267 g/mol. The Morgan fingerprint density at radius 2 is 1.89 bits per heavy atom. The number of benzene rings is 1. The highest BCUT2D eigenvalue weighted by Crippen LogP contribution is 2.24. The Bertz CT molecular complexity index is 587. The van der Waals surface area contributed by atoms with E-state index in [9.17, 15) is 18.0 Å². The van der Waals surface area contributed by atoms with Crippen LogP contribution in [0.5, 0.6) is 0 Å². The first-order valence-electron chi connectivity index (χ1n) is 5.91. The Kier molecular flexibility index (Phi) is 3.83. The number of pyridine rings is 1. The van der Waals surface area contributed by atoms with Gasteiger partial charge in [0.15, 0.2) is 5.78 Å². The SMILES string of the molecule is O=C(CCCC(F)(F)F)c1nccc2ccccc12. The van der Waals surface area contributed by atoms with Crippen LogP contribution in [-0.4, -0.2) is 16.9 Å². The molecule has 0 N–H and O–H groups in total. The lowest BCUT2D eigenvalue weighted by Gasteiger charge is -2.06. The predicted octanol–water partition coefficient (Wildman–Crippen LogP) is 4.15. The van der Waals surface area contributed by atoms with Gasteiger partial charge in [-0.25, -0.2) is 0 Å². The Morgan fingerprint density at radius 3 is 2.63 bits per heavy atom. The van der Waals surface area contributed by atoms with Crippen LogP contribution < -0.4 is 0 Å². The van der Waals surface area contributed by atoms with Crippen molar-refractivity contribution >= 4 is 16.6 Å². The molecule has 2 rings (SSSR count). The lowest BCUT2D eigenvalue weighted by Crippen LogP contribution is -2.09. The van der Waals surface area contributed by atoms with Gasteiger partial charge in [-0.05, 0) is 17.9 Å². The summed E-state index contributed by atoms with van der Waals surface area (Å²) in [5, 5.41) is 1.54. The van der Waals surface area contributed by atoms with Crippen LogP contribution in [0, 0.1) is 0 Å². The Balaban J connectivity index is 2.14. The number of Topliss-reactive ketones (excluding diaryl/α,β-unsaturated/α-hetero) is 1. The molecule has 1 aromatic heterocycles. The number of aromatic nitrogens is 1. The fourth-order valence-corrected chi connectivity index (χ4v) is 1.91.